The maximum Gasteiger partial charge on any atom is 0.240 e. The molecule has 1 aliphatic rings. The molecule has 0 spiro atoms. The Kier molecular flexibility index (Phi) is 4.96. The lowest BCUT2D eigenvalue weighted by Gasteiger charge is -2.14. The number of nitrogens with zero attached hydrogens (tertiary/aromatic N) is 2. The van der Waals surface area contributed by atoms with Crippen LogP contribution in [0.3, 0.4) is 0 Å². The number of aryl methyl sites for hydroxylation is 1. The summed E-state index contributed by atoms with van der Waals surface area (Å²) in [6, 6.07) is 6.26. The van der Waals surface area contributed by atoms with Gasteiger partial charge in [-0.15, -0.1) is 0 Å². The largest absolute Gasteiger partial charge is 0.449 e. The third kappa shape index (κ3) is 4.09. The number of benzene rings is 1. The molecule has 0 saturated carbocycles. The zero-order valence-corrected chi connectivity index (χ0v) is 15.3. The Labute approximate surface area is 147 Å². The first-order chi connectivity index (χ1) is 11.8. The monoisotopic (exact) mass is 385 g/mol. The number of sulfonamides is 2. The summed E-state index contributed by atoms with van der Waals surface area (Å²) in [5, 5.41) is 0. The van der Waals surface area contributed by atoms with Crippen LogP contribution in [0.25, 0.3) is 11.3 Å². The Morgan fingerprint density at radius 3 is 2.56 bits per heavy atom. The van der Waals surface area contributed by atoms with Crippen molar-refractivity contribution in [3.8, 4) is 11.3 Å². The van der Waals surface area contributed by atoms with E-state index >= 15 is 0 Å². The molecule has 1 fully saturated rings. The molecule has 0 bridgehead atoms. The molecule has 0 radical (unpaired) electrons. The highest BCUT2D eigenvalue weighted by Crippen LogP contribution is 2.20. The van der Waals surface area contributed by atoms with Crippen molar-refractivity contribution < 1.29 is 21.3 Å². The van der Waals surface area contributed by atoms with Gasteiger partial charge in [-0.2, -0.15) is 0 Å². The van der Waals surface area contributed by atoms with Gasteiger partial charge in [0.05, 0.1) is 10.6 Å². The van der Waals surface area contributed by atoms with Gasteiger partial charge in [0.2, 0.25) is 20.0 Å². The molecule has 10 heteroatoms. The minimum atomic E-state index is -3.70. The van der Waals surface area contributed by atoms with E-state index in [0.29, 0.717) is 24.6 Å². The molecular weight excluding hydrogens is 366 g/mol. The summed E-state index contributed by atoms with van der Waals surface area (Å²) in [7, 11) is -6.92. The maximum absolute atomic E-state index is 12.3. The van der Waals surface area contributed by atoms with Crippen molar-refractivity contribution in [1.82, 2.24) is 14.0 Å². The second kappa shape index (κ2) is 6.87. The molecule has 3 rings (SSSR count). The summed E-state index contributed by atoms with van der Waals surface area (Å²) in [5.41, 5.74) is 1.38. The van der Waals surface area contributed by atoms with Gasteiger partial charge in [0.25, 0.3) is 0 Å². The van der Waals surface area contributed by atoms with E-state index in [1.54, 1.807) is 19.1 Å². The first-order valence-corrected chi connectivity index (χ1v) is 10.9. The Hall–Kier alpha value is -1.75. The van der Waals surface area contributed by atoms with Crippen LogP contribution in [0.1, 0.15) is 12.3 Å². The number of hydrogen-bond donors (Lipinski definition) is 1. The normalized spacial score (nSPS) is 17.8. The Bertz CT molecular complexity index is 949. The predicted molar refractivity (Wildman–Crippen MR) is 91.8 cm³/mol. The summed E-state index contributed by atoms with van der Waals surface area (Å²) >= 11 is 0. The summed E-state index contributed by atoms with van der Waals surface area (Å²) in [5.74, 6) is 0.660. The average Bonchev–Trinajstić information content (AvgIpc) is 3.13. The topological polar surface area (TPSA) is 110 Å². The van der Waals surface area contributed by atoms with Crippen molar-refractivity contribution in [3.05, 3.63) is 36.4 Å². The summed E-state index contributed by atoms with van der Waals surface area (Å²) < 4.78 is 56.9. The van der Waals surface area contributed by atoms with Crippen molar-refractivity contribution in [2.24, 2.45) is 0 Å². The van der Waals surface area contributed by atoms with Crippen LogP contribution in [-0.4, -0.2) is 51.5 Å². The molecule has 136 valence electrons. The van der Waals surface area contributed by atoms with Crippen LogP contribution in [0.4, 0.5) is 0 Å². The lowest BCUT2D eigenvalue weighted by molar-refractivity contribution is 0.444. The Morgan fingerprint density at radius 1 is 1.28 bits per heavy atom. The molecule has 1 saturated heterocycles. The Balaban J connectivity index is 1.64. The fraction of sp³-hybridized carbons (Fsp3) is 0.400. The first kappa shape index (κ1) is 18.1. The van der Waals surface area contributed by atoms with Gasteiger partial charge in [0, 0.05) is 32.1 Å². The van der Waals surface area contributed by atoms with E-state index in [4.69, 9.17) is 4.42 Å². The second-order valence-electron chi connectivity index (χ2n) is 5.74. The molecule has 0 aliphatic carbocycles. The van der Waals surface area contributed by atoms with Gasteiger partial charge in [0.15, 0.2) is 5.89 Å². The van der Waals surface area contributed by atoms with E-state index < -0.39 is 20.0 Å². The molecule has 1 N–H and O–H groups in total. The number of aromatic nitrogens is 1. The molecule has 1 aromatic carbocycles. The van der Waals surface area contributed by atoms with Gasteiger partial charge in [-0.05, 0) is 18.6 Å². The average molecular weight is 385 g/mol. The minimum Gasteiger partial charge on any atom is -0.449 e. The highest BCUT2D eigenvalue weighted by Gasteiger charge is 2.28. The molecule has 2 heterocycles. The minimum absolute atomic E-state index is 0.0335. The van der Waals surface area contributed by atoms with Gasteiger partial charge in [-0.1, -0.05) is 12.1 Å². The van der Waals surface area contributed by atoms with Gasteiger partial charge in [0.1, 0.15) is 12.0 Å². The fourth-order valence-corrected chi connectivity index (χ4v) is 5.18. The second-order valence-corrected chi connectivity index (χ2v) is 9.60. The Morgan fingerprint density at radius 2 is 2.00 bits per heavy atom. The van der Waals surface area contributed by atoms with E-state index in [2.05, 4.69) is 9.71 Å². The highest BCUT2D eigenvalue weighted by atomic mass is 32.2. The van der Waals surface area contributed by atoms with Crippen LogP contribution in [0.5, 0.6) is 0 Å². The molecular formula is C15H19N3O5S2. The molecule has 8 nitrogen and oxygen atoms in total. The smallest absolute Gasteiger partial charge is 0.240 e. The lowest BCUT2D eigenvalue weighted by atomic mass is 10.2. The van der Waals surface area contributed by atoms with E-state index in [9.17, 15) is 16.8 Å². The van der Waals surface area contributed by atoms with Gasteiger partial charge in [-0.3, -0.25) is 0 Å². The van der Waals surface area contributed by atoms with E-state index in [0.717, 1.165) is 5.56 Å². The predicted octanol–water partition coefficient (Wildman–Crippen LogP) is 0.964. The molecule has 0 amide bonds. The first-order valence-electron chi connectivity index (χ1n) is 7.78. The van der Waals surface area contributed by atoms with Crippen LogP contribution < -0.4 is 4.72 Å². The van der Waals surface area contributed by atoms with Crippen molar-refractivity contribution in [1.29, 1.82) is 0 Å². The number of nitrogens with one attached hydrogen (secondary N) is 1. The van der Waals surface area contributed by atoms with Crippen LogP contribution in [0.2, 0.25) is 0 Å². The molecule has 1 aliphatic heterocycles. The number of oxazole rings is 1. The van der Waals surface area contributed by atoms with Crippen molar-refractivity contribution in [3.63, 3.8) is 0 Å². The quantitative estimate of drug-likeness (QED) is 0.793. The number of rotatable bonds is 6. The number of hydrogen-bond acceptors (Lipinski definition) is 6. The van der Waals surface area contributed by atoms with Crippen molar-refractivity contribution in [2.45, 2.75) is 18.2 Å². The summed E-state index contributed by atoms with van der Waals surface area (Å²) in [6.07, 6.45) is 2.09. The lowest BCUT2D eigenvalue weighted by Crippen LogP contribution is -2.35. The SMILES string of the molecule is Cc1nc(-c2ccc(S(=O)(=O)NCCN3CCCS3(=O)=O)cc2)co1. The van der Waals surface area contributed by atoms with E-state index in [-0.39, 0.29) is 23.7 Å². The van der Waals surface area contributed by atoms with Gasteiger partial charge < -0.3 is 4.42 Å². The van der Waals surface area contributed by atoms with Crippen molar-refractivity contribution >= 4 is 20.0 Å². The van der Waals surface area contributed by atoms with Crippen LogP contribution in [-0.2, 0) is 20.0 Å². The third-order valence-corrected chi connectivity index (χ3v) is 7.37. The molecule has 0 unspecified atom stereocenters. The van der Waals surface area contributed by atoms with Gasteiger partial charge >= 0.3 is 0 Å². The van der Waals surface area contributed by atoms with Crippen LogP contribution in [0, 0.1) is 6.92 Å². The van der Waals surface area contributed by atoms with Gasteiger partial charge in [-0.25, -0.2) is 30.8 Å². The van der Waals surface area contributed by atoms with Crippen molar-refractivity contribution in [2.75, 3.05) is 25.4 Å². The fourth-order valence-electron chi connectivity index (χ4n) is 2.63. The van der Waals surface area contributed by atoms with Crippen LogP contribution >= 0.6 is 0 Å². The molecule has 25 heavy (non-hydrogen) atoms. The molecule has 1 aromatic heterocycles. The summed E-state index contributed by atoms with van der Waals surface area (Å²) in [4.78, 5) is 4.30. The van der Waals surface area contributed by atoms with E-state index in [1.165, 1.54) is 22.7 Å². The molecule has 0 atom stereocenters. The maximum atomic E-state index is 12.3. The zero-order chi connectivity index (χ0) is 18.1. The standard InChI is InChI=1S/C15H19N3O5S2/c1-12-17-15(11-23-12)13-3-5-14(6-4-13)25(21,22)16-7-9-18-8-2-10-24(18,19)20/h3-6,11,16H,2,7-10H2,1H3. The van der Waals surface area contributed by atoms with E-state index in [1.807, 2.05) is 0 Å². The summed E-state index contributed by atoms with van der Waals surface area (Å²) in [6.45, 7) is 2.34. The zero-order valence-electron chi connectivity index (χ0n) is 13.7. The van der Waals surface area contributed by atoms with Crippen LogP contribution in [0.15, 0.2) is 39.8 Å². The third-order valence-electron chi connectivity index (χ3n) is 3.94. The molecule has 2 aromatic rings. The highest BCUT2D eigenvalue weighted by molar-refractivity contribution is 7.89.